The van der Waals surface area contributed by atoms with Crippen LogP contribution in [-0.4, -0.2) is 34.9 Å². The normalized spacial score (nSPS) is 14.9. The summed E-state index contributed by atoms with van der Waals surface area (Å²) in [4.78, 5) is 26.6. The van der Waals surface area contributed by atoms with Crippen LogP contribution < -0.4 is 5.32 Å². The standard InChI is InChI=1S/C19H18Cl2N2O3/c20-16-5-4-14(11-17(16)21)22-18(25)12-6-8-23(9-7-12)19(26)13-2-1-3-15(24)10-13/h1-5,10-12,24H,6-9H2,(H,22,25). The SMILES string of the molecule is O=C(Nc1ccc(Cl)c(Cl)c1)C1CCN(C(=O)c2cccc(O)c2)CC1. The molecule has 0 unspecified atom stereocenters. The zero-order chi connectivity index (χ0) is 18.7. The third-order valence-corrected chi connectivity index (χ3v) is 5.17. The van der Waals surface area contributed by atoms with Crippen molar-refractivity contribution in [2.75, 3.05) is 18.4 Å². The highest BCUT2D eigenvalue weighted by atomic mass is 35.5. The summed E-state index contributed by atoms with van der Waals surface area (Å²) in [6, 6.07) is 11.2. The molecule has 26 heavy (non-hydrogen) atoms. The Bertz CT molecular complexity index is 833. The van der Waals surface area contributed by atoms with E-state index in [-0.39, 0.29) is 23.5 Å². The number of phenols is 1. The third kappa shape index (κ3) is 4.29. The van der Waals surface area contributed by atoms with E-state index in [2.05, 4.69) is 5.32 Å². The van der Waals surface area contributed by atoms with Crippen molar-refractivity contribution >= 4 is 40.7 Å². The first kappa shape index (κ1) is 18.5. The van der Waals surface area contributed by atoms with Crippen LogP contribution in [0.25, 0.3) is 0 Å². The van der Waals surface area contributed by atoms with Gasteiger partial charge in [-0.3, -0.25) is 9.59 Å². The number of halogens is 2. The highest BCUT2D eigenvalue weighted by molar-refractivity contribution is 6.42. The maximum Gasteiger partial charge on any atom is 0.253 e. The molecule has 0 aromatic heterocycles. The fourth-order valence-corrected chi connectivity index (χ4v) is 3.28. The van der Waals surface area contributed by atoms with Gasteiger partial charge in [-0.25, -0.2) is 0 Å². The van der Waals surface area contributed by atoms with Gasteiger partial charge in [0.1, 0.15) is 5.75 Å². The van der Waals surface area contributed by atoms with Gasteiger partial charge < -0.3 is 15.3 Å². The topological polar surface area (TPSA) is 69.6 Å². The first-order valence-electron chi connectivity index (χ1n) is 8.28. The number of benzene rings is 2. The van der Waals surface area contributed by atoms with Gasteiger partial charge in [-0.2, -0.15) is 0 Å². The fraction of sp³-hybridized carbons (Fsp3) is 0.263. The average molecular weight is 393 g/mol. The third-order valence-electron chi connectivity index (χ3n) is 4.43. The van der Waals surface area contributed by atoms with Crippen LogP contribution in [0, 0.1) is 5.92 Å². The number of hydrogen-bond acceptors (Lipinski definition) is 3. The lowest BCUT2D eigenvalue weighted by molar-refractivity contribution is -0.121. The van der Waals surface area contributed by atoms with E-state index in [0.717, 1.165) is 0 Å². The molecule has 1 aliphatic rings. The van der Waals surface area contributed by atoms with Gasteiger partial charge in [0.15, 0.2) is 0 Å². The van der Waals surface area contributed by atoms with Gasteiger partial charge in [0, 0.05) is 30.3 Å². The van der Waals surface area contributed by atoms with Crippen molar-refractivity contribution in [3.8, 4) is 5.75 Å². The summed E-state index contributed by atoms with van der Waals surface area (Å²) < 4.78 is 0. The minimum atomic E-state index is -0.169. The summed E-state index contributed by atoms with van der Waals surface area (Å²) in [7, 11) is 0. The Kier molecular flexibility index (Phi) is 5.69. The van der Waals surface area contributed by atoms with E-state index in [4.69, 9.17) is 23.2 Å². The molecule has 7 heteroatoms. The van der Waals surface area contributed by atoms with Gasteiger partial charge in [-0.05, 0) is 49.2 Å². The molecule has 2 aromatic rings. The molecular weight excluding hydrogens is 375 g/mol. The summed E-state index contributed by atoms with van der Waals surface area (Å²) >= 11 is 11.8. The second-order valence-corrected chi connectivity index (χ2v) is 7.05. The molecule has 0 aliphatic carbocycles. The lowest BCUT2D eigenvalue weighted by atomic mass is 9.95. The number of phenolic OH excluding ortho intramolecular Hbond substituents is 1. The molecule has 2 amide bonds. The summed E-state index contributed by atoms with van der Waals surface area (Å²) in [5.74, 6) is -0.332. The number of aromatic hydroxyl groups is 1. The summed E-state index contributed by atoms with van der Waals surface area (Å²) in [6.45, 7) is 0.988. The highest BCUT2D eigenvalue weighted by Gasteiger charge is 2.28. The Morgan fingerprint density at radius 3 is 2.42 bits per heavy atom. The molecule has 0 radical (unpaired) electrons. The lowest BCUT2D eigenvalue weighted by Gasteiger charge is -2.31. The molecule has 2 aromatic carbocycles. The van der Waals surface area contributed by atoms with Crippen molar-refractivity contribution in [2.24, 2.45) is 5.92 Å². The van der Waals surface area contributed by atoms with Crippen LogP contribution in [-0.2, 0) is 4.79 Å². The average Bonchev–Trinajstić information content (AvgIpc) is 2.64. The predicted molar refractivity (Wildman–Crippen MR) is 102 cm³/mol. The number of nitrogens with one attached hydrogen (secondary N) is 1. The fourth-order valence-electron chi connectivity index (χ4n) is 2.98. The van der Waals surface area contributed by atoms with E-state index < -0.39 is 0 Å². The molecule has 0 bridgehead atoms. The quantitative estimate of drug-likeness (QED) is 0.822. The molecule has 1 aliphatic heterocycles. The van der Waals surface area contributed by atoms with Crippen molar-refractivity contribution in [1.29, 1.82) is 0 Å². The van der Waals surface area contributed by atoms with Crippen LogP contribution in [0.1, 0.15) is 23.2 Å². The molecule has 2 N–H and O–H groups in total. The first-order chi connectivity index (χ1) is 12.4. The number of carbonyl (C=O) groups is 2. The number of nitrogens with zero attached hydrogens (tertiary/aromatic N) is 1. The van der Waals surface area contributed by atoms with Crippen LogP contribution in [0.5, 0.6) is 5.75 Å². The molecule has 1 fully saturated rings. The number of anilines is 1. The minimum Gasteiger partial charge on any atom is -0.508 e. The van der Waals surface area contributed by atoms with Gasteiger partial charge in [0.05, 0.1) is 10.0 Å². The number of hydrogen-bond donors (Lipinski definition) is 2. The Labute approximate surface area is 161 Å². The molecule has 0 spiro atoms. The molecule has 5 nitrogen and oxygen atoms in total. The van der Waals surface area contributed by atoms with Crippen molar-refractivity contribution in [3.05, 3.63) is 58.1 Å². The van der Waals surface area contributed by atoms with Crippen molar-refractivity contribution in [1.82, 2.24) is 4.90 Å². The summed E-state index contributed by atoms with van der Waals surface area (Å²) in [6.07, 6.45) is 1.16. The smallest absolute Gasteiger partial charge is 0.253 e. The number of carbonyl (C=O) groups excluding carboxylic acids is 2. The Balaban J connectivity index is 1.56. The predicted octanol–water partition coefficient (Wildman–Crippen LogP) is 4.19. The molecule has 0 atom stereocenters. The van der Waals surface area contributed by atoms with Gasteiger partial charge in [0.25, 0.3) is 5.91 Å². The zero-order valence-corrected chi connectivity index (χ0v) is 15.4. The van der Waals surface area contributed by atoms with Gasteiger partial charge >= 0.3 is 0 Å². The molecule has 0 saturated carbocycles. The number of amides is 2. The van der Waals surface area contributed by atoms with Crippen LogP contribution in [0.3, 0.4) is 0 Å². The highest BCUT2D eigenvalue weighted by Crippen LogP contribution is 2.26. The van der Waals surface area contributed by atoms with Gasteiger partial charge in [-0.15, -0.1) is 0 Å². The van der Waals surface area contributed by atoms with Crippen LogP contribution >= 0.6 is 23.2 Å². The van der Waals surface area contributed by atoms with Gasteiger partial charge in [-0.1, -0.05) is 29.3 Å². The molecule has 3 rings (SSSR count). The lowest BCUT2D eigenvalue weighted by Crippen LogP contribution is -2.41. The maximum atomic E-state index is 12.5. The number of piperidine rings is 1. The van der Waals surface area contributed by atoms with E-state index in [1.165, 1.54) is 12.1 Å². The van der Waals surface area contributed by atoms with Crippen LogP contribution in [0.4, 0.5) is 5.69 Å². The number of likely N-dealkylation sites (tertiary alicyclic amines) is 1. The first-order valence-corrected chi connectivity index (χ1v) is 9.04. The van der Waals surface area contributed by atoms with E-state index in [1.807, 2.05) is 0 Å². The molecular formula is C19H18Cl2N2O3. The van der Waals surface area contributed by atoms with Crippen molar-refractivity contribution in [3.63, 3.8) is 0 Å². The minimum absolute atomic E-state index is 0.0618. The molecule has 1 heterocycles. The van der Waals surface area contributed by atoms with Crippen molar-refractivity contribution < 1.29 is 14.7 Å². The zero-order valence-electron chi connectivity index (χ0n) is 13.9. The molecule has 1 saturated heterocycles. The van der Waals surface area contributed by atoms with E-state index in [0.29, 0.717) is 47.2 Å². The Morgan fingerprint density at radius 2 is 1.77 bits per heavy atom. The van der Waals surface area contributed by atoms with Crippen LogP contribution in [0.15, 0.2) is 42.5 Å². The molecule has 136 valence electrons. The largest absolute Gasteiger partial charge is 0.508 e. The van der Waals surface area contributed by atoms with Gasteiger partial charge in [0.2, 0.25) is 5.91 Å². The second kappa shape index (κ2) is 7.98. The van der Waals surface area contributed by atoms with Crippen LogP contribution in [0.2, 0.25) is 10.0 Å². The van der Waals surface area contributed by atoms with Crippen molar-refractivity contribution in [2.45, 2.75) is 12.8 Å². The van der Waals surface area contributed by atoms with E-state index in [9.17, 15) is 14.7 Å². The second-order valence-electron chi connectivity index (χ2n) is 6.23. The van der Waals surface area contributed by atoms with E-state index >= 15 is 0 Å². The Morgan fingerprint density at radius 1 is 1.04 bits per heavy atom. The number of rotatable bonds is 3. The maximum absolute atomic E-state index is 12.5. The Hall–Kier alpha value is -2.24. The summed E-state index contributed by atoms with van der Waals surface area (Å²) in [5.41, 5.74) is 1.05. The summed E-state index contributed by atoms with van der Waals surface area (Å²) in [5, 5.41) is 13.2. The monoisotopic (exact) mass is 392 g/mol. The van der Waals surface area contributed by atoms with E-state index in [1.54, 1.807) is 35.2 Å².